The summed E-state index contributed by atoms with van der Waals surface area (Å²) in [5.41, 5.74) is 2.36. The molecule has 144 valence electrons. The zero-order valence-corrected chi connectivity index (χ0v) is 16.2. The molecule has 8 heteroatoms. The lowest BCUT2D eigenvalue weighted by atomic mass is 10.0. The van der Waals surface area contributed by atoms with E-state index in [9.17, 15) is 14.4 Å². The summed E-state index contributed by atoms with van der Waals surface area (Å²) in [7, 11) is 0. The highest BCUT2D eigenvalue weighted by Crippen LogP contribution is 2.29. The number of carbonyl (C=O) groups excluding carboxylic acids is 3. The van der Waals surface area contributed by atoms with Crippen molar-refractivity contribution in [2.24, 2.45) is 0 Å². The third-order valence-corrected chi connectivity index (χ3v) is 5.72. The lowest BCUT2D eigenvalue weighted by molar-refractivity contribution is -0.127. The maximum atomic E-state index is 12.8. The van der Waals surface area contributed by atoms with E-state index in [4.69, 9.17) is 27.9 Å². The number of imide groups is 1. The van der Waals surface area contributed by atoms with E-state index < -0.39 is 6.09 Å². The van der Waals surface area contributed by atoms with Crippen molar-refractivity contribution in [1.29, 1.82) is 0 Å². The molecule has 0 saturated carbocycles. The molecule has 2 fully saturated rings. The van der Waals surface area contributed by atoms with Crippen molar-refractivity contribution >= 4 is 41.1 Å². The van der Waals surface area contributed by atoms with Crippen LogP contribution < -0.4 is 0 Å². The number of nitrogens with zero attached hydrogens (tertiary/aromatic N) is 2. The molecule has 0 aliphatic carbocycles. The first-order valence-corrected chi connectivity index (χ1v) is 9.53. The molecule has 3 amide bonds. The number of carbonyl (C=O) groups is 3. The first-order valence-electron chi connectivity index (χ1n) is 8.77. The normalized spacial score (nSPS) is 19.3. The Morgan fingerprint density at radius 3 is 2.36 bits per heavy atom. The summed E-state index contributed by atoms with van der Waals surface area (Å²) in [4.78, 5) is 39.1. The molecular formula is C20H16Cl2N2O4. The molecular weight excluding hydrogens is 403 g/mol. The van der Waals surface area contributed by atoms with E-state index >= 15 is 0 Å². The van der Waals surface area contributed by atoms with Gasteiger partial charge < -0.3 is 9.64 Å². The SMILES string of the molecule is O=C(c1ccc(-c2ccc(Cl)c(Cl)c2)cc1)N1CCC(N2C(=O)COC2=O)C1. The van der Waals surface area contributed by atoms with Crippen molar-refractivity contribution in [3.63, 3.8) is 0 Å². The first kappa shape index (κ1) is 18.8. The van der Waals surface area contributed by atoms with Gasteiger partial charge in [0.2, 0.25) is 0 Å². The Morgan fingerprint density at radius 2 is 1.71 bits per heavy atom. The van der Waals surface area contributed by atoms with Crippen LogP contribution in [0.1, 0.15) is 16.8 Å². The molecule has 2 aliphatic heterocycles. The van der Waals surface area contributed by atoms with Crippen molar-refractivity contribution in [1.82, 2.24) is 9.80 Å². The second-order valence-electron chi connectivity index (χ2n) is 6.72. The van der Waals surface area contributed by atoms with Crippen LogP contribution >= 0.6 is 23.2 Å². The largest absolute Gasteiger partial charge is 0.439 e. The maximum absolute atomic E-state index is 12.8. The van der Waals surface area contributed by atoms with Crippen LogP contribution in [-0.2, 0) is 9.53 Å². The molecule has 2 aromatic rings. The van der Waals surface area contributed by atoms with E-state index in [1.807, 2.05) is 18.2 Å². The molecule has 2 aromatic carbocycles. The summed E-state index contributed by atoms with van der Waals surface area (Å²) in [6.07, 6.45) is -0.0798. The average molecular weight is 419 g/mol. The number of likely N-dealkylation sites (tertiary alicyclic amines) is 1. The molecule has 2 aliphatic rings. The molecule has 0 aromatic heterocycles. The number of rotatable bonds is 3. The molecule has 28 heavy (non-hydrogen) atoms. The molecule has 2 heterocycles. The summed E-state index contributed by atoms with van der Waals surface area (Å²) in [6, 6.07) is 12.2. The summed E-state index contributed by atoms with van der Waals surface area (Å²) in [5.74, 6) is -0.488. The molecule has 0 radical (unpaired) electrons. The van der Waals surface area contributed by atoms with Gasteiger partial charge in [-0.05, 0) is 41.8 Å². The number of amides is 3. The molecule has 0 spiro atoms. The van der Waals surface area contributed by atoms with Crippen molar-refractivity contribution in [3.8, 4) is 11.1 Å². The minimum atomic E-state index is -0.629. The average Bonchev–Trinajstić information content (AvgIpc) is 3.30. The van der Waals surface area contributed by atoms with Gasteiger partial charge in [0.15, 0.2) is 6.61 Å². The number of hydrogen-bond acceptors (Lipinski definition) is 4. The van der Waals surface area contributed by atoms with E-state index in [1.165, 1.54) is 0 Å². The van der Waals surface area contributed by atoms with Crippen LogP contribution in [0.5, 0.6) is 0 Å². The van der Waals surface area contributed by atoms with Gasteiger partial charge in [-0.3, -0.25) is 9.59 Å². The Morgan fingerprint density at radius 1 is 1.00 bits per heavy atom. The standard InChI is InChI=1S/C20H16Cl2N2O4/c21-16-6-5-14(9-17(16)22)12-1-3-13(4-2-12)19(26)23-8-7-15(10-23)24-18(25)11-28-20(24)27/h1-6,9,15H,7-8,10-11H2. The maximum Gasteiger partial charge on any atom is 0.417 e. The van der Waals surface area contributed by atoms with Crippen LogP contribution in [0.4, 0.5) is 4.79 Å². The third kappa shape index (κ3) is 3.45. The van der Waals surface area contributed by atoms with Crippen molar-refractivity contribution in [2.45, 2.75) is 12.5 Å². The minimum absolute atomic E-state index is 0.136. The quantitative estimate of drug-likeness (QED) is 0.758. The van der Waals surface area contributed by atoms with Gasteiger partial charge in [0.25, 0.3) is 11.8 Å². The highest BCUT2D eigenvalue weighted by atomic mass is 35.5. The number of cyclic esters (lactones) is 1. The third-order valence-electron chi connectivity index (χ3n) is 4.99. The number of benzene rings is 2. The van der Waals surface area contributed by atoms with Crippen LogP contribution in [0.3, 0.4) is 0 Å². The number of halogens is 2. The van der Waals surface area contributed by atoms with Gasteiger partial charge >= 0.3 is 6.09 Å². The molecule has 4 rings (SSSR count). The van der Waals surface area contributed by atoms with Crippen LogP contribution in [-0.4, -0.2) is 53.4 Å². The second-order valence-corrected chi connectivity index (χ2v) is 7.53. The first-order chi connectivity index (χ1) is 13.4. The summed E-state index contributed by atoms with van der Waals surface area (Å²) < 4.78 is 4.76. The zero-order chi connectivity index (χ0) is 19.8. The van der Waals surface area contributed by atoms with E-state index in [-0.39, 0.29) is 24.5 Å². The topological polar surface area (TPSA) is 66.9 Å². The molecule has 0 N–H and O–H groups in total. The van der Waals surface area contributed by atoms with Gasteiger partial charge in [0.1, 0.15) is 0 Å². The van der Waals surface area contributed by atoms with E-state index in [1.54, 1.807) is 29.2 Å². The van der Waals surface area contributed by atoms with E-state index in [0.717, 1.165) is 16.0 Å². The van der Waals surface area contributed by atoms with Crippen LogP contribution in [0.15, 0.2) is 42.5 Å². The van der Waals surface area contributed by atoms with Gasteiger partial charge in [-0.2, -0.15) is 0 Å². The van der Waals surface area contributed by atoms with Crippen LogP contribution in [0.25, 0.3) is 11.1 Å². The fourth-order valence-corrected chi connectivity index (χ4v) is 3.82. The molecule has 6 nitrogen and oxygen atoms in total. The van der Waals surface area contributed by atoms with Gasteiger partial charge in [-0.1, -0.05) is 41.4 Å². The number of ether oxygens (including phenoxy) is 1. The smallest absolute Gasteiger partial charge is 0.417 e. The monoisotopic (exact) mass is 418 g/mol. The Balaban J connectivity index is 1.46. The van der Waals surface area contributed by atoms with Gasteiger partial charge in [0, 0.05) is 18.7 Å². The molecule has 1 atom stereocenters. The predicted octanol–water partition coefficient (Wildman–Crippen LogP) is 3.85. The Bertz CT molecular complexity index is 945. The van der Waals surface area contributed by atoms with E-state index in [0.29, 0.717) is 35.1 Å². The van der Waals surface area contributed by atoms with Crippen LogP contribution in [0.2, 0.25) is 10.0 Å². The summed E-state index contributed by atoms with van der Waals surface area (Å²) >= 11 is 12.0. The van der Waals surface area contributed by atoms with E-state index in [2.05, 4.69) is 0 Å². The highest BCUT2D eigenvalue weighted by Gasteiger charge is 2.41. The second kappa shape index (κ2) is 7.45. The fraction of sp³-hybridized carbons (Fsp3) is 0.250. The van der Waals surface area contributed by atoms with Gasteiger partial charge in [-0.15, -0.1) is 0 Å². The zero-order valence-electron chi connectivity index (χ0n) is 14.7. The van der Waals surface area contributed by atoms with Crippen molar-refractivity contribution in [3.05, 3.63) is 58.1 Å². The Labute approximate surface area is 171 Å². The summed E-state index contributed by atoms with van der Waals surface area (Å²) in [6.45, 7) is 0.572. The molecule has 2 saturated heterocycles. The Hall–Kier alpha value is -2.57. The predicted molar refractivity (Wildman–Crippen MR) is 104 cm³/mol. The summed E-state index contributed by atoms with van der Waals surface area (Å²) in [5, 5.41) is 0.957. The lowest BCUT2D eigenvalue weighted by Crippen LogP contribution is -2.42. The Kier molecular flexibility index (Phi) is 5.00. The van der Waals surface area contributed by atoms with Crippen molar-refractivity contribution in [2.75, 3.05) is 19.7 Å². The lowest BCUT2D eigenvalue weighted by Gasteiger charge is -2.20. The minimum Gasteiger partial charge on any atom is -0.439 e. The van der Waals surface area contributed by atoms with Gasteiger partial charge in [-0.25, -0.2) is 9.69 Å². The molecule has 1 unspecified atom stereocenters. The highest BCUT2D eigenvalue weighted by molar-refractivity contribution is 6.42. The van der Waals surface area contributed by atoms with Crippen molar-refractivity contribution < 1.29 is 19.1 Å². The fourth-order valence-electron chi connectivity index (χ4n) is 3.52. The number of hydrogen-bond donors (Lipinski definition) is 0. The van der Waals surface area contributed by atoms with Gasteiger partial charge in [0.05, 0.1) is 16.1 Å². The molecule has 0 bridgehead atoms. The van der Waals surface area contributed by atoms with Crippen LogP contribution in [0, 0.1) is 0 Å².